The Morgan fingerprint density at radius 3 is 2.62 bits per heavy atom. The predicted octanol–water partition coefficient (Wildman–Crippen LogP) is 4.13. The van der Waals surface area contributed by atoms with Crippen molar-refractivity contribution in [2.75, 3.05) is 34.3 Å². The standard InChI is InChI=1S/C18H21NO4.C17H23NO/c1-19-8-7-17-14-10-3-4-12(22-2)15(14)23-16(17)11(20)5-6-18(17,21)13(19)9-10;1-18-9-8-17-7-3-2-4-14(17)16(18)10-12-5-6-13(19)11-15(12)17/h3-4,13,16,21H,5-9H2,1-2H3;5-6,11,14,16,19H,2-4,7-10H2,1H3/t13-,16+,17+,18-;14-,16+,17+/m10/s1. The molecule has 4 fully saturated rings. The molecule has 7 heteroatoms. The van der Waals surface area contributed by atoms with E-state index in [4.69, 9.17) is 9.47 Å². The third kappa shape index (κ3) is 3.31. The number of methoxy groups -OCH3 is 1. The first kappa shape index (κ1) is 27.0. The number of nitrogens with zero attached hydrogens (tertiary/aromatic N) is 2. The van der Waals surface area contributed by atoms with E-state index in [0.29, 0.717) is 35.5 Å². The fourth-order valence-electron chi connectivity index (χ4n) is 10.9. The number of ether oxygens (including phenoxy) is 2. The first-order valence-corrected chi connectivity index (χ1v) is 16.1. The van der Waals surface area contributed by atoms with Gasteiger partial charge >= 0.3 is 0 Å². The number of aromatic hydroxyl groups is 1. The molecular weight excluding hydrogens is 528 g/mol. The van der Waals surface area contributed by atoms with E-state index < -0.39 is 17.1 Å². The Hall–Kier alpha value is -2.61. The number of benzene rings is 2. The maximum atomic E-state index is 12.7. The third-order valence-corrected chi connectivity index (χ3v) is 12.8. The van der Waals surface area contributed by atoms with Crippen LogP contribution in [-0.2, 0) is 28.5 Å². The highest BCUT2D eigenvalue weighted by atomic mass is 16.5. The average molecular weight is 573 g/mol. The number of Topliss-reactive ketones (excluding diaryl/α,β-unsaturated/α-hetero) is 1. The smallest absolute Gasteiger partial charge is 0.174 e. The van der Waals surface area contributed by atoms with Gasteiger partial charge in [-0.15, -0.1) is 0 Å². The van der Waals surface area contributed by atoms with Crippen molar-refractivity contribution in [2.24, 2.45) is 5.92 Å². The van der Waals surface area contributed by atoms with E-state index in [2.05, 4.69) is 42.1 Å². The summed E-state index contributed by atoms with van der Waals surface area (Å²) in [5, 5.41) is 21.7. The summed E-state index contributed by atoms with van der Waals surface area (Å²) in [4.78, 5) is 17.5. The van der Waals surface area contributed by atoms with Crippen LogP contribution < -0.4 is 9.47 Å². The minimum atomic E-state index is -0.900. The quantitative estimate of drug-likeness (QED) is 0.532. The Kier molecular flexibility index (Phi) is 5.91. The molecule has 0 aromatic heterocycles. The van der Waals surface area contributed by atoms with Gasteiger partial charge in [0.15, 0.2) is 23.4 Å². The van der Waals surface area contributed by atoms with Gasteiger partial charge in [0.05, 0.1) is 18.1 Å². The molecule has 0 unspecified atom stereocenters. The summed E-state index contributed by atoms with van der Waals surface area (Å²) in [6.45, 7) is 2.09. The van der Waals surface area contributed by atoms with Crippen LogP contribution in [0.5, 0.6) is 17.2 Å². The highest BCUT2D eigenvalue weighted by Crippen LogP contribution is 2.64. The van der Waals surface area contributed by atoms with Crippen LogP contribution in [0.2, 0.25) is 0 Å². The maximum absolute atomic E-state index is 12.7. The predicted molar refractivity (Wildman–Crippen MR) is 159 cm³/mol. The summed E-state index contributed by atoms with van der Waals surface area (Å²) >= 11 is 0. The lowest BCUT2D eigenvalue weighted by Crippen LogP contribution is -2.76. The van der Waals surface area contributed by atoms with Crippen LogP contribution in [0.4, 0.5) is 0 Å². The van der Waals surface area contributed by atoms with E-state index in [9.17, 15) is 15.0 Å². The Morgan fingerprint density at radius 2 is 1.79 bits per heavy atom. The molecule has 2 aromatic rings. The molecule has 2 saturated carbocycles. The third-order valence-electron chi connectivity index (χ3n) is 12.8. The molecule has 4 aliphatic carbocycles. The number of ketones is 1. The number of carbonyl (C=O) groups is 1. The second-order valence-corrected chi connectivity index (χ2v) is 14.3. The summed E-state index contributed by atoms with van der Waals surface area (Å²) < 4.78 is 11.6. The molecule has 4 bridgehead atoms. The average Bonchev–Trinajstić information content (AvgIpc) is 3.36. The fourth-order valence-corrected chi connectivity index (χ4v) is 10.9. The molecule has 7 nitrogen and oxygen atoms in total. The molecule has 7 atom stereocenters. The van der Waals surface area contributed by atoms with E-state index in [0.717, 1.165) is 36.9 Å². The van der Waals surface area contributed by atoms with Gasteiger partial charge in [-0.3, -0.25) is 4.79 Å². The van der Waals surface area contributed by atoms with Gasteiger partial charge in [-0.25, -0.2) is 0 Å². The summed E-state index contributed by atoms with van der Waals surface area (Å²) in [5.74, 6) is 2.74. The molecule has 0 amide bonds. The van der Waals surface area contributed by atoms with Gasteiger partial charge in [0.25, 0.3) is 0 Å². The van der Waals surface area contributed by atoms with Crippen molar-refractivity contribution in [3.8, 4) is 17.2 Å². The molecule has 3 aliphatic heterocycles. The normalized spacial score (nSPS) is 39.2. The number of aliphatic hydroxyl groups is 1. The molecule has 9 rings (SSSR count). The lowest BCUT2D eigenvalue weighted by atomic mass is 9.49. The van der Waals surface area contributed by atoms with E-state index in [-0.39, 0.29) is 11.8 Å². The van der Waals surface area contributed by atoms with Crippen molar-refractivity contribution < 1.29 is 24.5 Å². The zero-order chi connectivity index (χ0) is 29.0. The minimum Gasteiger partial charge on any atom is -0.508 e. The largest absolute Gasteiger partial charge is 0.508 e. The zero-order valence-corrected chi connectivity index (χ0v) is 25.2. The summed E-state index contributed by atoms with van der Waals surface area (Å²) in [6, 6.07) is 10.9. The SMILES string of the molecule is CN1CC[C@]23CCCC[C@H]2[C@H]1Cc1ccc(O)cc13.COc1ccc2c3c1O[C@H]1C(=O)CC[C@@]4(O)[C@@H](C2)N(C)CC[C@]314. The fraction of sp³-hybridized carbons (Fsp3) is 0.629. The van der Waals surface area contributed by atoms with E-state index >= 15 is 0 Å². The molecule has 224 valence electrons. The van der Waals surface area contributed by atoms with Gasteiger partial charge in [0.2, 0.25) is 0 Å². The Bertz CT molecular complexity index is 1460. The van der Waals surface area contributed by atoms with Crippen molar-refractivity contribution in [2.45, 2.75) is 98.8 Å². The number of phenolic OH excluding ortho intramolecular Hbond substituents is 1. The van der Waals surface area contributed by atoms with Gasteiger partial charge in [-0.2, -0.15) is 0 Å². The number of likely N-dealkylation sites (tertiary alicyclic amines) is 2. The first-order valence-electron chi connectivity index (χ1n) is 16.1. The van der Waals surface area contributed by atoms with Crippen LogP contribution in [-0.4, -0.2) is 83.9 Å². The summed E-state index contributed by atoms with van der Waals surface area (Å²) in [7, 11) is 6.00. The molecule has 3 heterocycles. The van der Waals surface area contributed by atoms with Crippen LogP contribution in [0.25, 0.3) is 0 Å². The Balaban J connectivity index is 0.000000129. The van der Waals surface area contributed by atoms with E-state index in [1.807, 2.05) is 12.1 Å². The molecule has 2 aromatic carbocycles. The molecular formula is C35H44N2O5. The number of carbonyl (C=O) groups excluding carboxylic acids is 1. The van der Waals surface area contributed by atoms with Gasteiger partial charge in [0.1, 0.15) is 5.75 Å². The van der Waals surface area contributed by atoms with Gasteiger partial charge in [-0.1, -0.05) is 25.0 Å². The van der Waals surface area contributed by atoms with Crippen LogP contribution in [0, 0.1) is 5.92 Å². The Labute approximate surface area is 248 Å². The molecule has 2 N–H and O–H groups in total. The second kappa shape index (κ2) is 9.20. The first-order chi connectivity index (χ1) is 20.2. The van der Waals surface area contributed by atoms with Gasteiger partial charge in [-0.05, 0) is 113 Å². The van der Waals surface area contributed by atoms with Gasteiger partial charge in [0, 0.05) is 29.5 Å². The molecule has 2 saturated heterocycles. The summed E-state index contributed by atoms with van der Waals surface area (Å²) in [5.41, 5.74) is 4.09. The minimum absolute atomic E-state index is 0.0438. The number of phenols is 1. The topological polar surface area (TPSA) is 82.5 Å². The van der Waals surface area contributed by atoms with Crippen molar-refractivity contribution in [3.63, 3.8) is 0 Å². The summed E-state index contributed by atoms with van der Waals surface area (Å²) in [6.07, 6.45) is 9.82. The van der Waals surface area contributed by atoms with E-state index in [1.54, 1.807) is 7.11 Å². The van der Waals surface area contributed by atoms with Crippen molar-refractivity contribution in [1.29, 1.82) is 0 Å². The number of hydrogen-bond donors (Lipinski definition) is 2. The van der Waals surface area contributed by atoms with Crippen molar-refractivity contribution in [3.05, 3.63) is 52.6 Å². The van der Waals surface area contributed by atoms with Crippen molar-refractivity contribution in [1.82, 2.24) is 9.80 Å². The zero-order valence-electron chi connectivity index (χ0n) is 25.2. The number of piperidine rings is 2. The highest BCUT2D eigenvalue weighted by Gasteiger charge is 2.72. The number of likely N-dealkylation sites (N-methyl/N-ethyl adjacent to an activating group) is 2. The molecule has 7 aliphatic rings. The van der Waals surface area contributed by atoms with E-state index in [1.165, 1.54) is 61.8 Å². The van der Waals surface area contributed by atoms with Crippen LogP contribution in [0.3, 0.4) is 0 Å². The maximum Gasteiger partial charge on any atom is 0.174 e. The monoisotopic (exact) mass is 572 g/mol. The Morgan fingerprint density at radius 1 is 0.976 bits per heavy atom. The van der Waals surface area contributed by atoms with Crippen LogP contribution >= 0.6 is 0 Å². The molecule has 0 radical (unpaired) electrons. The molecule has 1 spiro atoms. The highest BCUT2D eigenvalue weighted by molar-refractivity contribution is 5.90. The number of rotatable bonds is 1. The van der Waals surface area contributed by atoms with Gasteiger partial charge < -0.3 is 29.5 Å². The van der Waals surface area contributed by atoms with Crippen LogP contribution in [0.1, 0.15) is 73.6 Å². The molecule has 42 heavy (non-hydrogen) atoms. The lowest BCUT2D eigenvalue weighted by molar-refractivity contribution is -0.185. The number of fused-ring (bicyclic) bond motifs is 1. The lowest BCUT2D eigenvalue weighted by Gasteiger charge is -2.62. The second-order valence-electron chi connectivity index (χ2n) is 14.3. The van der Waals surface area contributed by atoms with Crippen molar-refractivity contribution >= 4 is 5.78 Å². The van der Waals surface area contributed by atoms with Crippen LogP contribution in [0.15, 0.2) is 30.3 Å². The number of hydrogen-bond acceptors (Lipinski definition) is 7.